The molecule has 0 unspecified atom stereocenters. The number of nitrogens with one attached hydrogen (secondary N) is 1. The van der Waals surface area contributed by atoms with Crippen LogP contribution in [0.3, 0.4) is 0 Å². The van der Waals surface area contributed by atoms with Gasteiger partial charge in [-0.3, -0.25) is 14.9 Å². The maximum Gasteiger partial charge on any atom is 0.339 e. The van der Waals surface area contributed by atoms with Crippen LogP contribution in [0, 0.1) is 21.4 Å². The van der Waals surface area contributed by atoms with Crippen LogP contribution in [-0.2, 0) is 14.9 Å². The number of methoxy groups -OCH3 is 3. The van der Waals surface area contributed by atoms with E-state index < -0.39 is 20.9 Å². The van der Waals surface area contributed by atoms with Gasteiger partial charge in [0.05, 0.1) is 31.9 Å². The van der Waals surface area contributed by atoms with Gasteiger partial charge in [0.2, 0.25) is 0 Å². The third kappa shape index (κ3) is 6.37. The van der Waals surface area contributed by atoms with Crippen molar-refractivity contribution in [3.8, 4) is 29.1 Å². The van der Waals surface area contributed by atoms with Crippen molar-refractivity contribution in [2.24, 2.45) is 0 Å². The molecule has 196 valence electrons. The van der Waals surface area contributed by atoms with Gasteiger partial charge >= 0.3 is 10.1 Å². The summed E-state index contributed by atoms with van der Waals surface area (Å²) in [7, 11) is -0.136. The van der Waals surface area contributed by atoms with Crippen molar-refractivity contribution >= 4 is 33.5 Å². The Balaban J connectivity index is 1.86. The third-order valence-corrected chi connectivity index (χ3v) is 6.30. The fourth-order valence-electron chi connectivity index (χ4n) is 3.16. The second-order valence-corrected chi connectivity index (χ2v) is 8.94. The van der Waals surface area contributed by atoms with Crippen LogP contribution in [0.4, 0.5) is 11.4 Å². The Kier molecular flexibility index (Phi) is 8.51. The topological polar surface area (TPSA) is 167 Å². The summed E-state index contributed by atoms with van der Waals surface area (Å²) in [6.45, 7) is 0. The fourth-order valence-corrected chi connectivity index (χ4v) is 4.10. The van der Waals surface area contributed by atoms with E-state index >= 15 is 0 Å². The molecule has 0 saturated carbocycles. The van der Waals surface area contributed by atoms with Crippen molar-refractivity contribution in [2.75, 3.05) is 26.6 Å². The normalized spacial score (nSPS) is 11.2. The quantitative estimate of drug-likeness (QED) is 0.131. The van der Waals surface area contributed by atoms with E-state index in [-0.39, 0.29) is 39.1 Å². The number of nitriles is 1. The summed E-state index contributed by atoms with van der Waals surface area (Å²) in [4.78, 5) is 23.1. The number of hydrogen-bond acceptors (Lipinski definition) is 10. The minimum atomic E-state index is -4.20. The Bertz CT molecular complexity index is 1540. The third-order valence-electron chi connectivity index (χ3n) is 5.05. The zero-order valence-corrected chi connectivity index (χ0v) is 21.1. The van der Waals surface area contributed by atoms with Gasteiger partial charge in [-0.1, -0.05) is 6.07 Å². The van der Waals surface area contributed by atoms with Crippen LogP contribution in [0.2, 0.25) is 0 Å². The number of nitro benzene ring substituents is 1. The van der Waals surface area contributed by atoms with Crippen molar-refractivity contribution in [1.29, 1.82) is 5.26 Å². The van der Waals surface area contributed by atoms with Crippen molar-refractivity contribution in [2.45, 2.75) is 4.90 Å². The molecule has 0 aliphatic carbocycles. The number of hydrogen-bond donors (Lipinski definition) is 1. The minimum absolute atomic E-state index is 0.00193. The summed E-state index contributed by atoms with van der Waals surface area (Å²) < 4.78 is 46.0. The van der Waals surface area contributed by atoms with Gasteiger partial charge in [0.15, 0.2) is 11.5 Å². The summed E-state index contributed by atoms with van der Waals surface area (Å²) in [5, 5.41) is 23.0. The van der Waals surface area contributed by atoms with Gasteiger partial charge in [-0.25, -0.2) is 0 Å². The number of anilines is 1. The lowest BCUT2D eigenvalue weighted by Crippen LogP contribution is -2.14. The molecular formula is C25H21N3O9S. The van der Waals surface area contributed by atoms with Gasteiger partial charge in [-0.15, -0.1) is 0 Å². The van der Waals surface area contributed by atoms with Crippen molar-refractivity contribution < 1.29 is 36.5 Å². The van der Waals surface area contributed by atoms with Gasteiger partial charge in [0, 0.05) is 12.1 Å². The fraction of sp³-hybridized carbons (Fsp3) is 0.120. The highest BCUT2D eigenvalue weighted by atomic mass is 32.2. The molecule has 38 heavy (non-hydrogen) atoms. The number of non-ortho nitro benzene ring substituents is 1. The highest BCUT2D eigenvalue weighted by molar-refractivity contribution is 7.87. The maximum absolute atomic E-state index is 12.7. The maximum atomic E-state index is 12.7. The molecule has 3 rings (SSSR count). The number of rotatable bonds is 10. The van der Waals surface area contributed by atoms with Crippen LogP contribution >= 0.6 is 0 Å². The number of carbonyl (C=O) groups excluding carboxylic acids is 1. The number of ether oxygens (including phenoxy) is 3. The predicted molar refractivity (Wildman–Crippen MR) is 136 cm³/mol. The highest BCUT2D eigenvalue weighted by Crippen LogP contribution is 2.32. The average Bonchev–Trinajstić information content (AvgIpc) is 2.92. The van der Waals surface area contributed by atoms with Crippen molar-refractivity contribution in [3.63, 3.8) is 0 Å². The molecule has 0 atom stereocenters. The number of nitro groups is 1. The van der Waals surface area contributed by atoms with E-state index in [9.17, 15) is 28.6 Å². The van der Waals surface area contributed by atoms with Gasteiger partial charge in [0.1, 0.15) is 28.0 Å². The summed E-state index contributed by atoms with van der Waals surface area (Å²) >= 11 is 0. The molecule has 0 spiro atoms. The Labute approximate surface area is 217 Å². The number of nitrogens with zero attached hydrogens (tertiary/aromatic N) is 2. The standard InChI is InChI=1S/C25H21N3O9S/c1-34-19-6-8-20(9-7-19)38(32,33)37-23-10-4-16(13-24(23)36-3)12-17(15-26)25(29)27-21-14-18(28(30)31)5-11-22(21)35-2/h4-14H,1-3H3,(H,27,29)/b17-12+. The van der Waals surface area contributed by atoms with Gasteiger partial charge in [-0.2, -0.15) is 13.7 Å². The molecule has 3 aromatic rings. The van der Waals surface area contributed by atoms with Gasteiger partial charge < -0.3 is 23.7 Å². The van der Waals surface area contributed by atoms with Crippen LogP contribution in [0.5, 0.6) is 23.0 Å². The van der Waals surface area contributed by atoms with Gasteiger partial charge in [0.25, 0.3) is 11.6 Å². The van der Waals surface area contributed by atoms with E-state index in [0.717, 1.165) is 6.07 Å². The molecule has 0 aliphatic rings. The molecule has 0 aliphatic heterocycles. The van der Waals surface area contributed by atoms with Crippen LogP contribution in [-0.4, -0.2) is 40.6 Å². The van der Waals surface area contributed by atoms with Crippen LogP contribution in [0.15, 0.2) is 71.1 Å². The SMILES string of the molecule is COc1ccc(S(=O)(=O)Oc2ccc(/C=C(\C#N)C(=O)Nc3cc([N+](=O)[O-])ccc3OC)cc2OC)cc1. The molecule has 0 saturated heterocycles. The first kappa shape index (κ1) is 27.5. The lowest BCUT2D eigenvalue weighted by Gasteiger charge is -2.12. The lowest BCUT2D eigenvalue weighted by atomic mass is 10.1. The zero-order chi connectivity index (χ0) is 27.9. The Hall–Kier alpha value is -5.09. The van der Waals surface area contributed by atoms with Crippen LogP contribution in [0.1, 0.15) is 5.56 Å². The minimum Gasteiger partial charge on any atom is -0.497 e. The first-order valence-corrected chi connectivity index (χ1v) is 12.0. The van der Waals surface area contributed by atoms with Crippen LogP contribution in [0.25, 0.3) is 6.08 Å². The van der Waals surface area contributed by atoms with E-state index in [1.807, 2.05) is 0 Å². The van der Waals surface area contributed by atoms with E-state index in [1.165, 1.54) is 82.0 Å². The molecule has 0 heterocycles. The van der Waals surface area contributed by atoms with Gasteiger partial charge in [-0.05, 0) is 54.1 Å². The smallest absolute Gasteiger partial charge is 0.339 e. The van der Waals surface area contributed by atoms with E-state index in [1.54, 1.807) is 6.07 Å². The van der Waals surface area contributed by atoms with Crippen molar-refractivity contribution in [1.82, 2.24) is 0 Å². The summed E-state index contributed by atoms with van der Waals surface area (Å²) in [5.41, 5.74) is -0.319. The first-order chi connectivity index (χ1) is 18.1. The van der Waals surface area contributed by atoms with E-state index in [4.69, 9.17) is 18.4 Å². The molecule has 0 bridgehead atoms. The second kappa shape index (κ2) is 11.8. The molecule has 0 radical (unpaired) electrons. The zero-order valence-electron chi connectivity index (χ0n) is 20.3. The molecule has 1 N–H and O–H groups in total. The lowest BCUT2D eigenvalue weighted by molar-refractivity contribution is -0.384. The Morgan fingerprint density at radius 3 is 2.18 bits per heavy atom. The highest BCUT2D eigenvalue weighted by Gasteiger charge is 2.20. The molecule has 12 nitrogen and oxygen atoms in total. The first-order valence-electron chi connectivity index (χ1n) is 10.6. The predicted octanol–water partition coefficient (Wildman–Crippen LogP) is 3.93. The summed E-state index contributed by atoms with van der Waals surface area (Å²) in [6, 6.07) is 15.1. The summed E-state index contributed by atoms with van der Waals surface area (Å²) in [6.07, 6.45) is 1.23. The Morgan fingerprint density at radius 1 is 0.947 bits per heavy atom. The van der Waals surface area contributed by atoms with E-state index in [0.29, 0.717) is 11.3 Å². The molecular weight excluding hydrogens is 518 g/mol. The Morgan fingerprint density at radius 2 is 1.61 bits per heavy atom. The number of benzene rings is 3. The van der Waals surface area contributed by atoms with Crippen molar-refractivity contribution in [3.05, 3.63) is 81.9 Å². The average molecular weight is 540 g/mol. The molecule has 13 heteroatoms. The molecule has 1 amide bonds. The number of carbonyl (C=O) groups is 1. The largest absolute Gasteiger partial charge is 0.497 e. The molecule has 0 aromatic heterocycles. The van der Waals surface area contributed by atoms with Crippen LogP contribution < -0.4 is 23.7 Å². The van der Waals surface area contributed by atoms with E-state index in [2.05, 4.69) is 5.32 Å². The molecule has 3 aromatic carbocycles. The molecule has 0 fully saturated rings. The summed E-state index contributed by atoms with van der Waals surface area (Å²) in [5.74, 6) is -0.326. The number of amides is 1. The second-order valence-electron chi connectivity index (χ2n) is 7.39. The monoisotopic (exact) mass is 539 g/mol.